The minimum absolute atomic E-state index is 0.194. The second-order valence-electron chi connectivity index (χ2n) is 7.61. The quantitative estimate of drug-likeness (QED) is 0.488. The maximum Gasteiger partial charge on any atom is 0.341 e. The van der Waals surface area contributed by atoms with Crippen molar-refractivity contribution in [2.75, 3.05) is 13.2 Å². The highest BCUT2D eigenvalue weighted by Gasteiger charge is 2.33. The first kappa shape index (κ1) is 24.4. The SMILES string of the molecule is CCOC(=O)C1=C(C)N=c2s/c(=C/c3ccc(OCC(=O)O)cc3)c(=O)n2[C@H]1c1ccc(Cl)cc1. The van der Waals surface area contributed by atoms with Crippen molar-refractivity contribution in [3.8, 4) is 5.75 Å². The molecule has 2 aromatic carbocycles. The molecule has 10 heteroatoms. The van der Waals surface area contributed by atoms with Gasteiger partial charge in [0, 0.05) is 5.02 Å². The number of aliphatic carboxylic acids is 1. The number of carbonyl (C=O) groups excluding carboxylic acids is 1. The third-order valence-electron chi connectivity index (χ3n) is 5.24. The minimum atomic E-state index is -1.07. The Morgan fingerprint density at radius 2 is 1.86 bits per heavy atom. The molecule has 1 aliphatic rings. The van der Waals surface area contributed by atoms with Crippen LogP contribution >= 0.6 is 22.9 Å². The molecule has 8 nitrogen and oxygen atoms in total. The molecule has 0 bridgehead atoms. The van der Waals surface area contributed by atoms with Crippen molar-refractivity contribution in [2.45, 2.75) is 19.9 Å². The number of aromatic nitrogens is 1. The predicted octanol–water partition coefficient (Wildman–Crippen LogP) is 2.92. The molecule has 4 rings (SSSR count). The Bertz CT molecular complexity index is 1490. The van der Waals surface area contributed by atoms with Gasteiger partial charge in [-0.25, -0.2) is 14.6 Å². The molecular formula is C25H21ClN2O6S. The Balaban J connectivity index is 1.81. The van der Waals surface area contributed by atoms with Crippen molar-refractivity contribution in [3.05, 3.63) is 95.6 Å². The molecule has 3 aromatic rings. The summed E-state index contributed by atoms with van der Waals surface area (Å²) >= 11 is 7.28. The van der Waals surface area contributed by atoms with E-state index in [0.717, 1.165) is 5.56 Å². The number of carboxylic acid groups (broad SMARTS) is 1. The Labute approximate surface area is 209 Å². The summed E-state index contributed by atoms with van der Waals surface area (Å²) < 4.78 is 12.4. The normalized spacial score (nSPS) is 15.4. The summed E-state index contributed by atoms with van der Waals surface area (Å²) in [5.74, 6) is -1.19. The zero-order chi connectivity index (χ0) is 25.1. The van der Waals surface area contributed by atoms with Gasteiger partial charge < -0.3 is 14.6 Å². The van der Waals surface area contributed by atoms with Crippen LogP contribution in [0, 0.1) is 0 Å². The molecule has 1 atom stereocenters. The number of carbonyl (C=O) groups is 2. The maximum absolute atomic E-state index is 13.5. The smallest absolute Gasteiger partial charge is 0.341 e. The van der Waals surface area contributed by atoms with E-state index in [1.807, 2.05) is 0 Å². The number of thiazole rings is 1. The van der Waals surface area contributed by atoms with Gasteiger partial charge in [-0.15, -0.1) is 0 Å². The summed E-state index contributed by atoms with van der Waals surface area (Å²) in [5, 5.41) is 9.28. The number of benzene rings is 2. The molecule has 180 valence electrons. The number of hydrogen-bond acceptors (Lipinski definition) is 7. The van der Waals surface area contributed by atoms with Crippen LogP contribution in [-0.4, -0.2) is 34.8 Å². The summed E-state index contributed by atoms with van der Waals surface area (Å²) in [7, 11) is 0. The first-order chi connectivity index (χ1) is 16.8. The molecule has 1 aliphatic heterocycles. The van der Waals surface area contributed by atoms with Crippen molar-refractivity contribution in [3.63, 3.8) is 0 Å². The van der Waals surface area contributed by atoms with Gasteiger partial charge >= 0.3 is 11.9 Å². The highest BCUT2D eigenvalue weighted by atomic mass is 35.5. The zero-order valence-corrected chi connectivity index (χ0v) is 20.4. The summed E-state index contributed by atoms with van der Waals surface area (Å²) in [6.45, 7) is 3.20. The molecule has 0 amide bonds. The fraction of sp³-hybridized carbons (Fsp3) is 0.200. The van der Waals surface area contributed by atoms with E-state index in [4.69, 9.17) is 26.2 Å². The van der Waals surface area contributed by atoms with Crippen molar-refractivity contribution >= 4 is 41.0 Å². The largest absolute Gasteiger partial charge is 0.482 e. The molecule has 0 saturated carbocycles. The number of hydrogen-bond donors (Lipinski definition) is 1. The molecule has 35 heavy (non-hydrogen) atoms. The van der Waals surface area contributed by atoms with Gasteiger partial charge in [-0.05, 0) is 55.3 Å². The summed E-state index contributed by atoms with van der Waals surface area (Å²) in [6.07, 6.45) is 1.72. The van der Waals surface area contributed by atoms with E-state index in [2.05, 4.69) is 4.99 Å². The van der Waals surface area contributed by atoms with Gasteiger partial charge in [0.2, 0.25) is 0 Å². The van der Waals surface area contributed by atoms with E-state index in [1.54, 1.807) is 68.5 Å². The zero-order valence-electron chi connectivity index (χ0n) is 18.9. The van der Waals surface area contributed by atoms with Gasteiger partial charge in [0.15, 0.2) is 11.4 Å². The summed E-state index contributed by atoms with van der Waals surface area (Å²) in [6, 6.07) is 13.0. The third kappa shape index (κ3) is 5.21. The van der Waals surface area contributed by atoms with Crippen LogP contribution in [0.2, 0.25) is 5.02 Å². The second-order valence-corrected chi connectivity index (χ2v) is 9.05. The molecule has 0 fully saturated rings. The van der Waals surface area contributed by atoms with Crippen LogP contribution < -0.4 is 19.6 Å². The van der Waals surface area contributed by atoms with Crippen LogP contribution in [0.25, 0.3) is 6.08 Å². The average Bonchev–Trinajstić information content (AvgIpc) is 3.12. The summed E-state index contributed by atoms with van der Waals surface area (Å²) in [4.78, 5) is 42.1. The van der Waals surface area contributed by atoms with Gasteiger partial charge in [-0.1, -0.05) is 47.2 Å². The van der Waals surface area contributed by atoms with Crippen LogP contribution in [0.15, 0.2) is 69.6 Å². The van der Waals surface area contributed by atoms with E-state index < -0.39 is 24.6 Å². The minimum Gasteiger partial charge on any atom is -0.482 e. The first-order valence-corrected chi connectivity index (χ1v) is 11.9. The number of esters is 1. The highest BCUT2D eigenvalue weighted by Crippen LogP contribution is 2.31. The van der Waals surface area contributed by atoms with Gasteiger partial charge in [0.25, 0.3) is 5.56 Å². The fourth-order valence-electron chi connectivity index (χ4n) is 3.71. The van der Waals surface area contributed by atoms with Crippen LogP contribution in [0.5, 0.6) is 5.75 Å². The Morgan fingerprint density at radius 3 is 2.49 bits per heavy atom. The monoisotopic (exact) mass is 512 g/mol. The Morgan fingerprint density at radius 1 is 1.17 bits per heavy atom. The average molecular weight is 513 g/mol. The van der Waals surface area contributed by atoms with Crippen LogP contribution in [0.4, 0.5) is 0 Å². The van der Waals surface area contributed by atoms with E-state index in [1.165, 1.54) is 15.9 Å². The van der Waals surface area contributed by atoms with E-state index >= 15 is 0 Å². The van der Waals surface area contributed by atoms with Gasteiger partial charge in [-0.3, -0.25) is 9.36 Å². The molecule has 0 spiro atoms. The molecule has 0 radical (unpaired) electrons. The number of fused-ring (bicyclic) bond motifs is 1. The van der Waals surface area contributed by atoms with Crippen molar-refractivity contribution < 1.29 is 24.2 Å². The molecular weight excluding hydrogens is 492 g/mol. The number of rotatable bonds is 7. The molecule has 2 heterocycles. The van der Waals surface area contributed by atoms with Crippen LogP contribution in [0.1, 0.15) is 31.0 Å². The lowest BCUT2D eigenvalue weighted by Crippen LogP contribution is -2.39. The molecule has 0 unspecified atom stereocenters. The number of allylic oxidation sites excluding steroid dienone is 1. The second kappa shape index (κ2) is 10.3. The lowest BCUT2D eigenvalue weighted by molar-refractivity contribution is -0.140. The predicted molar refractivity (Wildman–Crippen MR) is 131 cm³/mol. The lowest BCUT2D eigenvalue weighted by atomic mass is 9.96. The number of ether oxygens (including phenoxy) is 2. The molecule has 1 N–H and O–H groups in total. The number of halogens is 1. The Kier molecular flexibility index (Phi) is 7.18. The van der Waals surface area contributed by atoms with Crippen LogP contribution in [0.3, 0.4) is 0 Å². The number of nitrogens with zero attached hydrogens (tertiary/aromatic N) is 2. The van der Waals surface area contributed by atoms with Crippen LogP contribution in [-0.2, 0) is 14.3 Å². The highest BCUT2D eigenvalue weighted by molar-refractivity contribution is 7.07. The van der Waals surface area contributed by atoms with Gasteiger partial charge in [-0.2, -0.15) is 0 Å². The van der Waals surface area contributed by atoms with E-state index in [0.29, 0.717) is 36.9 Å². The fourth-order valence-corrected chi connectivity index (χ4v) is 4.88. The first-order valence-electron chi connectivity index (χ1n) is 10.7. The Hall–Kier alpha value is -3.69. The van der Waals surface area contributed by atoms with Crippen molar-refractivity contribution in [1.82, 2.24) is 4.57 Å². The van der Waals surface area contributed by atoms with E-state index in [9.17, 15) is 14.4 Å². The summed E-state index contributed by atoms with van der Waals surface area (Å²) in [5.41, 5.74) is 1.92. The topological polar surface area (TPSA) is 107 Å². The van der Waals surface area contributed by atoms with E-state index in [-0.39, 0.29) is 12.2 Å². The van der Waals surface area contributed by atoms with Crippen molar-refractivity contribution in [2.24, 2.45) is 4.99 Å². The standard InChI is InChI=1S/C25H21ClN2O6S/c1-3-33-24(32)21-14(2)27-25-28(22(21)16-6-8-17(26)9-7-16)23(31)19(35-25)12-15-4-10-18(11-5-15)34-13-20(29)30/h4-12,22H,3,13H2,1-2H3,(H,29,30)/b19-12+/t22-/m0/s1. The van der Waals surface area contributed by atoms with Gasteiger partial charge in [0.1, 0.15) is 5.75 Å². The third-order valence-corrected chi connectivity index (χ3v) is 6.48. The maximum atomic E-state index is 13.5. The van der Waals surface area contributed by atoms with Crippen molar-refractivity contribution in [1.29, 1.82) is 0 Å². The molecule has 0 saturated heterocycles. The molecule has 0 aliphatic carbocycles. The van der Waals surface area contributed by atoms with Gasteiger partial charge in [0.05, 0.1) is 28.5 Å². The molecule has 1 aromatic heterocycles. The number of carboxylic acids is 1. The lowest BCUT2D eigenvalue weighted by Gasteiger charge is -2.24.